The van der Waals surface area contributed by atoms with Gasteiger partial charge in [-0.1, -0.05) is 5.16 Å². The first kappa shape index (κ1) is 12.8. The van der Waals surface area contributed by atoms with Crippen LogP contribution in [0, 0.1) is 0 Å². The Morgan fingerprint density at radius 2 is 2.35 bits per heavy atom. The van der Waals surface area contributed by atoms with Gasteiger partial charge in [0, 0.05) is 24.0 Å². The highest BCUT2D eigenvalue weighted by Gasteiger charge is 2.30. The summed E-state index contributed by atoms with van der Waals surface area (Å²) >= 11 is 0. The maximum Gasteiger partial charge on any atom is 0.257 e. The molecular weight excluding hydrogens is 258 g/mol. The van der Waals surface area contributed by atoms with Crippen molar-refractivity contribution in [2.75, 3.05) is 0 Å². The van der Waals surface area contributed by atoms with Crippen molar-refractivity contribution in [2.24, 2.45) is 0 Å². The van der Waals surface area contributed by atoms with Crippen LogP contribution in [0.5, 0.6) is 0 Å². The molecule has 1 unspecified atom stereocenters. The quantitative estimate of drug-likeness (QED) is 0.884. The second kappa shape index (κ2) is 5.05. The first-order chi connectivity index (χ1) is 9.66. The molecule has 2 N–H and O–H groups in total. The van der Waals surface area contributed by atoms with Crippen LogP contribution in [0.2, 0.25) is 0 Å². The average molecular weight is 273 g/mol. The molecule has 20 heavy (non-hydrogen) atoms. The van der Waals surface area contributed by atoms with Crippen molar-refractivity contribution in [1.82, 2.24) is 15.5 Å². The number of hydrogen-bond acceptors (Lipinski definition) is 5. The summed E-state index contributed by atoms with van der Waals surface area (Å²) in [5, 5.41) is 16.5. The lowest BCUT2D eigenvalue weighted by atomic mass is 10.0. The Hall–Kier alpha value is -2.21. The van der Waals surface area contributed by atoms with E-state index in [1.54, 1.807) is 31.5 Å². The Morgan fingerprint density at radius 3 is 2.95 bits per heavy atom. The minimum atomic E-state index is -0.895. The fourth-order valence-corrected chi connectivity index (χ4v) is 1.99. The zero-order valence-corrected chi connectivity index (χ0v) is 11.0. The number of aliphatic hydroxyl groups is 1. The van der Waals surface area contributed by atoms with Crippen LogP contribution in [-0.4, -0.2) is 27.2 Å². The molecule has 0 bridgehead atoms. The van der Waals surface area contributed by atoms with Crippen LogP contribution in [0.1, 0.15) is 42.0 Å². The van der Waals surface area contributed by atoms with Crippen LogP contribution in [-0.2, 0) is 0 Å². The standard InChI is InChI=1S/C14H15N3O3/c1-8(18)13-11(14(19)16-10-4-5-10)12(17-20-13)9-3-2-6-15-7-9/h2-3,6-8,10,18H,4-5H2,1H3,(H,16,19). The average Bonchev–Trinajstić information content (AvgIpc) is 3.14. The van der Waals surface area contributed by atoms with Gasteiger partial charge in [-0.05, 0) is 31.9 Å². The molecule has 1 saturated carbocycles. The number of carbonyl (C=O) groups is 1. The van der Waals surface area contributed by atoms with Crippen molar-refractivity contribution in [2.45, 2.75) is 31.9 Å². The van der Waals surface area contributed by atoms with E-state index in [-0.39, 0.29) is 17.7 Å². The van der Waals surface area contributed by atoms with Crippen LogP contribution in [0.15, 0.2) is 29.0 Å². The third kappa shape index (κ3) is 2.42. The van der Waals surface area contributed by atoms with Crippen molar-refractivity contribution in [1.29, 1.82) is 0 Å². The summed E-state index contributed by atoms with van der Waals surface area (Å²) in [7, 11) is 0. The summed E-state index contributed by atoms with van der Waals surface area (Å²) in [6, 6.07) is 3.78. The number of rotatable bonds is 4. The summed E-state index contributed by atoms with van der Waals surface area (Å²) in [6.07, 6.45) is 4.33. The van der Waals surface area contributed by atoms with Crippen LogP contribution in [0.3, 0.4) is 0 Å². The number of pyridine rings is 1. The fourth-order valence-electron chi connectivity index (χ4n) is 1.99. The van der Waals surface area contributed by atoms with E-state index in [1.165, 1.54) is 0 Å². The second-order valence-electron chi connectivity index (χ2n) is 4.94. The highest BCUT2D eigenvalue weighted by molar-refractivity contribution is 6.01. The summed E-state index contributed by atoms with van der Waals surface area (Å²) < 4.78 is 5.15. The number of hydrogen-bond donors (Lipinski definition) is 2. The van der Waals surface area contributed by atoms with Gasteiger partial charge < -0.3 is 14.9 Å². The smallest absolute Gasteiger partial charge is 0.257 e. The Kier molecular flexibility index (Phi) is 3.23. The van der Waals surface area contributed by atoms with E-state index in [1.807, 2.05) is 0 Å². The van der Waals surface area contributed by atoms with E-state index in [0.717, 1.165) is 12.8 Å². The largest absolute Gasteiger partial charge is 0.385 e. The molecule has 2 heterocycles. The number of aliphatic hydroxyl groups excluding tert-OH is 1. The molecule has 1 amide bonds. The number of nitrogens with zero attached hydrogens (tertiary/aromatic N) is 2. The Morgan fingerprint density at radius 1 is 1.55 bits per heavy atom. The van der Waals surface area contributed by atoms with Gasteiger partial charge in [0.1, 0.15) is 17.4 Å². The third-order valence-corrected chi connectivity index (χ3v) is 3.17. The first-order valence-corrected chi connectivity index (χ1v) is 6.55. The molecule has 3 rings (SSSR count). The normalized spacial score (nSPS) is 15.9. The minimum absolute atomic E-state index is 0.182. The zero-order chi connectivity index (χ0) is 14.1. The van der Waals surface area contributed by atoms with E-state index in [4.69, 9.17) is 4.52 Å². The Labute approximate surface area is 115 Å². The summed E-state index contributed by atoms with van der Waals surface area (Å²) in [4.78, 5) is 16.3. The highest BCUT2D eigenvalue weighted by Crippen LogP contribution is 2.29. The third-order valence-electron chi connectivity index (χ3n) is 3.17. The molecule has 104 valence electrons. The van der Waals surface area contributed by atoms with Crippen molar-refractivity contribution >= 4 is 5.91 Å². The van der Waals surface area contributed by atoms with Crippen molar-refractivity contribution in [3.05, 3.63) is 35.9 Å². The number of nitrogens with one attached hydrogen (secondary N) is 1. The van der Waals surface area contributed by atoms with Crippen LogP contribution >= 0.6 is 0 Å². The predicted molar refractivity (Wildman–Crippen MR) is 70.9 cm³/mol. The summed E-state index contributed by atoms with van der Waals surface area (Å²) in [5.74, 6) is -0.0782. The van der Waals surface area contributed by atoms with Gasteiger partial charge in [0.2, 0.25) is 0 Å². The summed E-state index contributed by atoms with van der Waals surface area (Å²) in [6.45, 7) is 1.54. The van der Waals surface area contributed by atoms with E-state index >= 15 is 0 Å². The first-order valence-electron chi connectivity index (χ1n) is 6.55. The van der Waals surface area contributed by atoms with E-state index < -0.39 is 6.10 Å². The Balaban J connectivity index is 2.03. The van der Waals surface area contributed by atoms with E-state index in [0.29, 0.717) is 16.8 Å². The van der Waals surface area contributed by atoms with Crippen molar-refractivity contribution < 1.29 is 14.4 Å². The molecule has 0 radical (unpaired) electrons. The molecule has 1 aliphatic carbocycles. The van der Waals surface area contributed by atoms with Crippen LogP contribution < -0.4 is 5.32 Å². The lowest BCUT2D eigenvalue weighted by Gasteiger charge is -2.06. The van der Waals surface area contributed by atoms with Gasteiger partial charge in [-0.25, -0.2) is 0 Å². The minimum Gasteiger partial charge on any atom is -0.385 e. The van der Waals surface area contributed by atoms with E-state index in [2.05, 4.69) is 15.5 Å². The predicted octanol–water partition coefficient (Wildman–Crippen LogP) is 1.68. The van der Waals surface area contributed by atoms with Gasteiger partial charge in [-0.3, -0.25) is 9.78 Å². The molecule has 0 aromatic carbocycles. The van der Waals surface area contributed by atoms with Gasteiger partial charge in [-0.15, -0.1) is 0 Å². The lowest BCUT2D eigenvalue weighted by Crippen LogP contribution is -2.26. The van der Waals surface area contributed by atoms with Crippen LogP contribution in [0.4, 0.5) is 0 Å². The molecule has 1 fully saturated rings. The summed E-state index contributed by atoms with van der Waals surface area (Å²) in [5.41, 5.74) is 1.39. The number of aromatic nitrogens is 2. The van der Waals surface area contributed by atoms with Gasteiger partial charge in [0.05, 0.1) is 0 Å². The zero-order valence-electron chi connectivity index (χ0n) is 11.0. The Bertz CT molecular complexity index is 618. The number of carbonyl (C=O) groups excluding carboxylic acids is 1. The molecule has 6 heteroatoms. The van der Waals surface area contributed by atoms with Gasteiger partial charge in [0.15, 0.2) is 5.76 Å². The molecule has 1 atom stereocenters. The molecule has 2 aromatic heterocycles. The molecule has 0 aliphatic heterocycles. The van der Waals surface area contributed by atoms with Crippen LogP contribution in [0.25, 0.3) is 11.3 Å². The monoisotopic (exact) mass is 273 g/mol. The van der Waals surface area contributed by atoms with Gasteiger partial charge >= 0.3 is 0 Å². The van der Waals surface area contributed by atoms with Crippen molar-refractivity contribution in [3.8, 4) is 11.3 Å². The topological polar surface area (TPSA) is 88.2 Å². The van der Waals surface area contributed by atoms with Gasteiger partial charge in [-0.2, -0.15) is 0 Å². The van der Waals surface area contributed by atoms with Crippen molar-refractivity contribution in [3.63, 3.8) is 0 Å². The fraction of sp³-hybridized carbons (Fsp3) is 0.357. The SMILES string of the molecule is CC(O)c1onc(-c2cccnc2)c1C(=O)NC1CC1. The lowest BCUT2D eigenvalue weighted by molar-refractivity contribution is 0.0938. The maximum atomic E-state index is 12.3. The van der Waals surface area contributed by atoms with Gasteiger partial charge in [0.25, 0.3) is 5.91 Å². The maximum absolute atomic E-state index is 12.3. The molecular formula is C14H15N3O3. The molecule has 0 spiro atoms. The second-order valence-corrected chi connectivity index (χ2v) is 4.94. The highest BCUT2D eigenvalue weighted by atomic mass is 16.5. The molecule has 2 aromatic rings. The molecule has 1 aliphatic rings. The number of amides is 1. The van der Waals surface area contributed by atoms with E-state index in [9.17, 15) is 9.90 Å². The molecule has 0 saturated heterocycles. The molecule has 6 nitrogen and oxygen atoms in total.